The fourth-order valence-electron chi connectivity index (χ4n) is 2.78. The van der Waals surface area contributed by atoms with Crippen molar-refractivity contribution in [2.45, 2.75) is 46.5 Å². The van der Waals surface area contributed by atoms with Crippen molar-refractivity contribution in [3.63, 3.8) is 0 Å². The number of rotatable bonds is 2. The number of carbonyl (C=O) groups excluding carboxylic acids is 1. The molecule has 0 unspecified atom stereocenters. The van der Waals surface area contributed by atoms with Gasteiger partial charge in [0.1, 0.15) is 0 Å². The monoisotopic (exact) mass is 323 g/mol. The predicted octanol–water partition coefficient (Wildman–Crippen LogP) is 4.83. The highest BCUT2D eigenvalue weighted by atomic mass is 79.9. The number of anilines is 1. The summed E-state index contributed by atoms with van der Waals surface area (Å²) in [6.07, 6.45) is 4.41. The van der Waals surface area contributed by atoms with Gasteiger partial charge in [0.05, 0.1) is 0 Å². The van der Waals surface area contributed by atoms with E-state index in [4.69, 9.17) is 0 Å². The van der Waals surface area contributed by atoms with Crippen LogP contribution in [-0.4, -0.2) is 5.91 Å². The summed E-state index contributed by atoms with van der Waals surface area (Å²) in [5, 5.41) is 3.08. The zero-order valence-corrected chi connectivity index (χ0v) is 13.5. The minimum atomic E-state index is 0.188. The van der Waals surface area contributed by atoms with Gasteiger partial charge in [0, 0.05) is 16.1 Å². The molecule has 1 amide bonds. The van der Waals surface area contributed by atoms with Crippen LogP contribution in [0.5, 0.6) is 0 Å². The average Bonchev–Trinajstić information content (AvgIpc) is 2.36. The summed E-state index contributed by atoms with van der Waals surface area (Å²) in [4.78, 5) is 12.3. The number of halogens is 1. The van der Waals surface area contributed by atoms with Gasteiger partial charge in [0.15, 0.2) is 0 Å². The minimum Gasteiger partial charge on any atom is -0.326 e. The van der Waals surface area contributed by atoms with E-state index >= 15 is 0 Å². The Balaban J connectivity index is 2.03. The van der Waals surface area contributed by atoms with Gasteiger partial charge in [-0.05, 0) is 68.7 Å². The Morgan fingerprint density at radius 1 is 1.16 bits per heavy atom. The molecule has 1 aliphatic rings. The third kappa shape index (κ3) is 3.59. The van der Waals surface area contributed by atoms with E-state index in [1.54, 1.807) is 0 Å². The lowest BCUT2D eigenvalue weighted by molar-refractivity contribution is -0.121. The first-order chi connectivity index (χ1) is 8.97. The van der Waals surface area contributed by atoms with E-state index in [1.807, 2.05) is 12.1 Å². The van der Waals surface area contributed by atoms with Gasteiger partial charge in [-0.2, -0.15) is 0 Å². The first kappa shape index (κ1) is 14.6. The second-order valence-electron chi connectivity index (χ2n) is 5.87. The van der Waals surface area contributed by atoms with Crippen molar-refractivity contribution in [1.82, 2.24) is 0 Å². The van der Waals surface area contributed by atoms with E-state index in [0.29, 0.717) is 0 Å². The summed E-state index contributed by atoms with van der Waals surface area (Å²) in [7, 11) is 0. The highest BCUT2D eigenvalue weighted by Gasteiger charge is 2.24. The van der Waals surface area contributed by atoms with Gasteiger partial charge < -0.3 is 5.32 Å². The molecular formula is C16H22BrNO. The Bertz CT molecular complexity index is 453. The highest BCUT2D eigenvalue weighted by Crippen LogP contribution is 2.30. The second kappa shape index (κ2) is 6.08. The number of hydrogen-bond donors (Lipinski definition) is 1. The molecule has 1 aliphatic carbocycles. The van der Waals surface area contributed by atoms with E-state index < -0.39 is 0 Å². The van der Waals surface area contributed by atoms with E-state index in [9.17, 15) is 4.79 Å². The van der Waals surface area contributed by atoms with Crippen molar-refractivity contribution in [3.05, 3.63) is 27.7 Å². The van der Waals surface area contributed by atoms with E-state index in [-0.39, 0.29) is 11.8 Å². The quantitative estimate of drug-likeness (QED) is 0.829. The topological polar surface area (TPSA) is 29.1 Å². The molecule has 0 aromatic heterocycles. The molecule has 0 spiro atoms. The van der Waals surface area contributed by atoms with Gasteiger partial charge in [0.2, 0.25) is 5.91 Å². The minimum absolute atomic E-state index is 0.188. The molecule has 1 aromatic rings. The Labute approximate surface area is 124 Å². The van der Waals surface area contributed by atoms with E-state index in [1.165, 1.54) is 12.8 Å². The summed E-state index contributed by atoms with van der Waals surface area (Å²) in [5.41, 5.74) is 3.24. The molecular weight excluding hydrogens is 302 g/mol. The van der Waals surface area contributed by atoms with Gasteiger partial charge in [-0.15, -0.1) is 0 Å². The van der Waals surface area contributed by atoms with Crippen molar-refractivity contribution >= 4 is 27.5 Å². The standard InChI is InChI=1S/C16H22BrNO/c1-10-4-6-13(7-5-10)16(19)18-14-8-11(2)15(17)12(3)9-14/h8-10,13H,4-7H2,1-3H3,(H,18,19). The maximum atomic E-state index is 12.3. The van der Waals surface area contributed by atoms with Crippen LogP contribution < -0.4 is 5.32 Å². The summed E-state index contributed by atoms with van der Waals surface area (Å²) in [5.74, 6) is 1.16. The molecule has 0 aliphatic heterocycles. The highest BCUT2D eigenvalue weighted by molar-refractivity contribution is 9.10. The molecule has 0 radical (unpaired) electrons. The second-order valence-corrected chi connectivity index (χ2v) is 6.66. The Kier molecular flexibility index (Phi) is 4.67. The summed E-state index contributed by atoms with van der Waals surface area (Å²) < 4.78 is 1.12. The number of carbonyl (C=O) groups is 1. The fourth-order valence-corrected chi connectivity index (χ4v) is 3.01. The Morgan fingerprint density at radius 3 is 2.21 bits per heavy atom. The normalized spacial score (nSPS) is 23.2. The molecule has 0 saturated heterocycles. The zero-order chi connectivity index (χ0) is 14.0. The van der Waals surface area contributed by atoms with Crippen LogP contribution in [0.2, 0.25) is 0 Å². The number of aryl methyl sites for hydroxylation is 2. The van der Waals surface area contributed by atoms with Crippen LogP contribution >= 0.6 is 15.9 Å². The lowest BCUT2D eigenvalue weighted by Crippen LogP contribution is -2.26. The van der Waals surface area contributed by atoms with Gasteiger partial charge in [-0.25, -0.2) is 0 Å². The average molecular weight is 324 g/mol. The Morgan fingerprint density at radius 2 is 1.68 bits per heavy atom. The molecule has 2 nitrogen and oxygen atoms in total. The molecule has 104 valence electrons. The summed E-state index contributed by atoms with van der Waals surface area (Å²) in [6, 6.07) is 4.06. The van der Waals surface area contributed by atoms with Crippen molar-refractivity contribution < 1.29 is 4.79 Å². The molecule has 0 heterocycles. The molecule has 19 heavy (non-hydrogen) atoms. The molecule has 1 saturated carbocycles. The molecule has 1 aromatic carbocycles. The lowest BCUT2D eigenvalue weighted by atomic mass is 9.82. The molecule has 1 N–H and O–H groups in total. The SMILES string of the molecule is Cc1cc(NC(=O)C2CCC(C)CC2)cc(C)c1Br. The first-order valence-electron chi connectivity index (χ1n) is 7.05. The molecule has 0 bridgehead atoms. The number of amides is 1. The van der Waals surface area contributed by atoms with Gasteiger partial charge in [-0.1, -0.05) is 22.9 Å². The summed E-state index contributed by atoms with van der Waals surface area (Å²) >= 11 is 3.55. The van der Waals surface area contributed by atoms with E-state index in [0.717, 1.165) is 40.0 Å². The molecule has 0 atom stereocenters. The van der Waals surface area contributed by atoms with Gasteiger partial charge in [0.25, 0.3) is 0 Å². The number of nitrogens with one attached hydrogen (secondary N) is 1. The zero-order valence-electron chi connectivity index (χ0n) is 11.9. The molecule has 1 fully saturated rings. The van der Waals surface area contributed by atoms with Crippen LogP contribution in [0.1, 0.15) is 43.7 Å². The van der Waals surface area contributed by atoms with Crippen LogP contribution in [0.25, 0.3) is 0 Å². The third-order valence-corrected chi connectivity index (χ3v) is 5.34. The smallest absolute Gasteiger partial charge is 0.227 e. The van der Waals surface area contributed by atoms with Crippen LogP contribution in [0, 0.1) is 25.7 Å². The number of benzene rings is 1. The molecule has 2 rings (SSSR count). The third-order valence-electron chi connectivity index (χ3n) is 4.09. The van der Waals surface area contributed by atoms with Gasteiger partial charge in [-0.3, -0.25) is 4.79 Å². The van der Waals surface area contributed by atoms with Crippen LogP contribution in [0.4, 0.5) is 5.69 Å². The van der Waals surface area contributed by atoms with Gasteiger partial charge >= 0.3 is 0 Å². The predicted molar refractivity (Wildman–Crippen MR) is 83.4 cm³/mol. The van der Waals surface area contributed by atoms with Crippen molar-refractivity contribution in [2.75, 3.05) is 5.32 Å². The van der Waals surface area contributed by atoms with Crippen LogP contribution in [-0.2, 0) is 4.79 Å². The fraction of sp³-hybridized carbons (Fsp3) is 0.562. The van der Waals surface area contributed by atoms with Crippen molar-refractivity contribution in [1.29, 1.82) is 0 Å². The van der Waals surface area contributed by atoms with Crippen molar-refractivity contribution in [3.8, 4) is 0 Å². The first-order valence-corrected chi connectivity index (χ1v) is 7.84. The van der Waals surface area contributed by atoms with E-state index in [2.05, 4.69) is 42.0 Å². The van der Waals surface area contributed by atoms with Crippen LogP contribution in [0.15, 0.2) is 16.6 Å². The maximum absolute atomic E-state index is 12.3. The lowest BCUT2D eigenvalue weighted by Gasteiger charge is -2.25. The Hall–Kier alpha value is -0.830. The van der Waals surface area contributed by atoms with Crippen molar-refractivity contribution in [2.24, 2.45) is 11.8 Å². The summed E-state index contributed by atoms with van der Waals surface area (Å²) in [6.45, 7) is 6.37. The maximum Gasteiger partial charge on any atom is 0.227 e. The van der Waals surface area contributed by atoms with Crippen LogP contribution in [0.3, 0.4) is 0 Å². The number of hydrogen-bond acceptors (Lipinski definition) is 1. The molecule has 3 heteroatoms. The largest absolute Gasteiger partial charge is 0.326 e.